The van der Waals surface area contributed by atoms with E-state index in [1.165, 1.54) is 11.3 Å². The van der Waals surface area contributed by atoms with E-state index in [2.05, 4.69) is 20.2 Å². The molecule has 0 aliphatic rings. The lowest BCUT2D eigenvalue weighted by Crippen LogP contribution is -2.26. The van der Waals surface area contributed by atoms with Crippen LogP contribution in [-0.4, -0.2) is 24.7 Å². The van der Waals surface area contributed by atoms with Gasteiger partial charge in [0.1, 0.15) is 0 Å². The minimum Gasteiger partial charge on any atom is -0.310 e. The Bertz CT molecular complexity index is 668. The van der Waals surface area contributed by atoms with Crippen LogP contribution in [-0.2, 0) is 23.1 Å². The highest BCUT2D eigenvalue weighted by molar-refractivity contribution is 7.89. The summed E-state index contributed by atoms with van der Waals surface area (Å²) >= 11 is 1.43. The molecule has 0 saturated carbocycles. The van der Waals surface area contributed by atoms with Gasteiger partial charge in [0, 0.05) is 23.7 Å². The molecular weight excluding hydrogens is 308 g/mol. The van der Waals surface area contributed by atoms with Crippen molar-refractivity contribution in [1.82, 2.24) is 20.2 Å². The number of hydrogen-bond acceptors (Lipinski definition) is 6. The van der Waals surface area contributed by atoms with E-state index in [-0.39, 0.29) is 6.54 Å². The molecule has 0 amide bonds. The van der Waals surface area contributed by atoms with Crippen molar-refractivity contribution in [3.05, 3.63) is 40.3 Å². The smallest absolute Gasteiger partial charge is 0.242 e. The summed E-state index contributed by atoms with van der Waals surface area (Å²) in [5.74, 6) is 0. The fourth-order valence-electron chi connectivity index (χ4n) is 1.67. The van der Waals surface area contributed by atoms with Gasteiger partial charge < -0.3 is 5.32 Å². The SMILES string of the molecule is CC(C)NCc1sccc1S(=O)(=O)NCc1cccnn1. The molecule has 2 heterocycles. The molecule has 2 rings (SSSR count). The summed E-state index contributed by atoms with van der Waals surface area (Å²) in [7, 11) is -3.54. The molecule has 0 unspecified atom stereocenters. The Morgan fingerprint density at radius 1 is 1.29 bits per heavy atom. The van der Waals surface area contributed by atoms with Gasteiger partial charge in [-0.3, -0.25) is 0 Å². The molecular formula is C13H18N4O2S2. The summed E-state index contributed by atoms with van der Waals surface area (Å²) in [5, 5.41) is 12.6. The first-order valence-electron chi connectivity index (χ1n) is 6.55. The monoisotopic (exact) mass is 326 g/mol. The molecule has 2 aromatic heterocycles. The lowest BCUT2D eigenvalue weighted by atomic mass is 10.4. The summed E-state index contributed by atoms with van der Waals surface area (Å²) in [4.78, 5) is 1.12. The van der Waals surface area contributed by atoms with Crippen LogP contribution in [0.3, 0.4) is 0 Å². The number of nitrogens with zero attached hydrogens (tertiary/aromatic N) is 2. The molecule has 0 aromatic carbocycles. The van der Waals surface area contributed by atoms with Crippen LogP contribution in [0.15, 0.2) is 34.7 Å². The van der Waals surface area contributed by atoms with Crippen LogP contribution in [0.4, 0.5) is 0 Å². The zero-order valence-corrected chi connectivity index (χ0v) is 13.5. The summed E-state index contributed by atoms with van der Waals surface area (Å²) < 4.78 is 27.3. The van der Waals surface area contributed by atoms with Crippen molar-refractivity contribution < 1.29 is 8.42 Å². The van der Waals surface area contributed by atoms with Crippen LogP contribution in [0.1, 0.15) is 24.4 Å². The topological polar surface area (TPSA) is 84.0 Å². The lowest BCUT2D eigenvalue weighted by Gasteiger charge is -2.10. The lowest BCUT2D eigenvalue weighted by molar-refractivity contribution is 0.570. The van der Waals surface area contributed by atoms with E-state index in [4.69, 9.17) is 0 Å². The molecule has 21 heavy (non-hydrogen) atoms. The highest BCUT2D eigenvalue weighted by Gasteiger charge is 2.19. The predicted molar refractivity (Wildman–Crippen MR) is 82.4 cm³/mol. The van der Waals surface area contributed by atoms with Crippen molar-refractivity contribution >= 4 is 21.4 Å². The van der Waals surface area contributed by atoms with Gasteiger partial charge >= 0.3 is 0 Å². The Labute approximate surface area is 128 Å². The van der Waals surface area contributed by atoms with Crippen molar-refractivity contribution in [1.29, 1.82) is 0 Å². The van der Waals surface area contributed by atoms with E-state index in [9.17, 15) is 8.42 Å². The van der Waals surface area contributed by atoms with Crippen molar-refractivity contribution in [3.8, 4) is 0 Å². The summed E-state index contributed by atoms with van der Waals surface area (Å²) in [5.41, 5.74) is 0.582. The van der Waals surface area contributed by atoms with Crippen LogP contribution in [0.25, 0.3) is 0 Å². The first kappa shape index (κ1) is 16.0. The van der Waals surface area contributed by atoms with E-state index in [0.29, 0.717) is 23.2 Å². The maximum atomic E-state index is 12.4. The summed E-state index contributed by atoms with van der Waals surface area (Å²) in [6.45, 7) is 4.71. The van der Waals surface area contributed by atoms with Gasteiger partial charge in [-0.05, 0) is 23.6 Å². The Morgan fingerprint density at radius 3 is 2.76 bits per heavy atom. The van der Waals surface area contributed by atoms with Gasteiger partial charge in [-0.2, -0.15) is 10.2 Å². The zero-order chi connectivity index (χ0) is 15.3. The van der Waals surface area contributed by atoms with Crippen LogP contribution >= 0.6 is 11.3 Å². The highest BCUT2D eigenvalue weighted by Crippen LogP contribution is 2.22. The van der Waals surface area contributed by atoms with Crippen molar-refractivity contribution in [2.45, 2.75) is 37.9 Å². The van der Waals surface area contributed by atoms with Gasteiger partial charge in [-0.25, -0.2) is 13.1 Å². The fraction of sp³-hybridized carbons (Fsp3) is 0.385. The van der Waals surface area contributed by atoms with E-state index in [1.54, 1.807) is 29.8 Å². The Balaban J connectivity index is 2.07. The molecule has 6 nitrogen and oxygen atoms in total. The van der Waals surface area contributed by atoms with Crippen molar-refractivity contribution in [2.24, 2.45) is 0 Å². The number of rotatable bonds is 7. The van der Waals surface area contributed by atoms with E-state index in [0.717, 1.165) is 4.88 Å². The molecule has 0 aliphatic carbocycles. The third kappa shape index (κ3) is 4.57. The van der Waals surface area contributed by atoms with E-state index in [1.807, 2.05) is 13.8 Å². The Hall–Kier alpha value is -1.35. The minimum atomic E-state index is -3.54. The molecule has 8 heteroatoms. The van der Waals surface area contributed by atoms with Crippen LogP contribution in [0.5, 0.6) is 0 Å². The normalized spacial score (nSPS) is 12.0. The maximum Gasteiger partial charge on any atom is 0.242 e. The average Bonchev–Trinajstić information content (AvgIpc) is 2.93. The van der Waals surface area contributed by atoms with Gasteiger partial charge in [0.15, 0.2) is 0 Å². The summed E-state index contributed by atoms with van der Waals surface area (Å²) in [6.07, 6.45) is 1.55. The van der Waals surface area contributed by atoms with Gasteiger partial charge in [0.2, 0.25) is 10.0 Å². The van der Waals surface area contributed by atoms with Crippen LogP contribution in [0.2, 0.25) is 0 Å². The Morgan fingerprint density at radius 2 is 2.10 bits per heavy atom. The first-order chi connectivity index (χ1) is 9.99. The Kier molecular flexibility index (Phi) is 5.40. The number of sulfonamides is 1. The minimum absolute atomic E-state index is 0.128. The van der Waals surface area contributed by atoms with Gasteiger partial charge in [-0.1, -0.05) is 13.8 Å². The third-order valence-corrected chi connectivity index (χ3v) is 5.27. The van der Waals surface area contributed by atoms with Crippen LogP contribution in [0, 0.1) is 0 Å². The quantitative estimate of drug-likeness (QED) is 0.806. The van der Waals surface area contributed by atoms with Gasteiger partial charge in [-0.15, -0.1) is 11.3 Å². The number of nitrogens with one attached hydrogen (secondary N) is 2. The second-order valence-corrected chi connectivity index (χ2v) is 7.52. The van der Waals surface area contributed by atoms with E-state index >= 15 is 0 Å². The largest absolute Gasteiger partial charge is 0.310 e. The molecule has 0 spiro atoms. The molecule has 2 N–H and O–H groups in total. The van der Waals surface area contributed by atoms with Crippen molar-refractivity contribution in [3.63, 3.8) is 0 Å². The highest BCUT2D eigenvalue weighted by atomic mass is 32.2. The number of aromatic nitrogens is 2. The number of thiophene rings is 1. The average molecular weight is 326 g/mol. The summed E-state index contributed by atoms with van der Waals surface area (Å²) in [6, 6.07) is 5.38. The second kappa shape index (κ2) is 7.08. The van der Waals surface area contributed by atoms with Crippen LogP contribution < -0.4 is 10.0 Å². The maximum absolute atomic E-state index is 12.4. The first-order valence-corrected chi connectivity index (χ1v) is 8.91. The molecule has 0 bridgehead atoms. The molecule has 2 aromatic rings. The van der Waals surface area contributed by atoms with Crippen molar-refractivity contribution in [2.75, 3.05) is 0 Å². The molecule has 0 fully saturated rings. The molecule has 0 atom stereocenters. The molecule has 0 saturated heterocycles. The van der Waals surface area contributed by atoms with E-state index < -0.39 is 10.0 Å². The zero-order valence-electron chi connectivity index (χ0n) is 11.9. The third-order valence-electron chi connectivity index (χ3n) is 2.74. The number of hydrogen-bond donors (Lipinski definition) is 2. The second-order valence-electron chi connectivity index (χ2n) is 4.78. The fourth-order valence-corrected chi connectivity index (χ4v) is 4.06. The standard InChI is InChI=1S/C13H18N4O2S2/c1-10(2)14-9-12-13(5-7-20-12)21(18,19)16-8-11-4-3-6-15-17-11/h3-7,10,14,16H,8-9H2,1-2H3. The molecule has 0 radical (unpaired) electrons. The van der Waals surface area contributed by atoms with Gasteiger partial charge in [0.25, 0.3) is 0 Å². The molecule has 114 valence electrons. The molecule has 0 aliphatic heterocycles. The van der Waals surface area contributed by atoms with Gasteiger partial charge in [0.05, 0.1) is 17.1 Å². The predicted octanol–water partition coefficient (Wildman–Crippen LogP) is 1.51.